The first-order valence-electron chi connectivity index (χ1n) is 6.43. The fourth-order valence-corrected chi connectivity index (χ4v) is 1.65. The van der Waals surface area contributed by atoms with Crippen LogP contribution in [-0.2, 0) is 11.3 Å². The number of imidazole rings is 1. The van der Waals surface area contributed by atoms with Crippen LogP contribution in [0.4, 0.5) is 0 Å². The van der Waals surface area contributed by atoms with Gasteiger partial charge in [-0.3, -0.25) is 0 Å². The van der Waals surface area contributed by atoms with Crippen molar-refractivity contribution in [3.8, 4) is 0 Å². The maximum absolute atomic E-state index is 5.65. The third-order valence-corrected chi connectivity index (χ3v) is 2.57. The molecule has 0 unspecified atom stereocenters. The lowest BCUT2D eigenvalue weighted by Crippen LogP contribution is -2.24. The van der Waals surface area contributed by atoms with E-state index in [0.29, 0.717) is 18.7 Å². The van der Waals surface area contributed by atoms with Crippen molar-refractivity contribution >= 4 is 0 Å². The van der Waals surface area contributed by atoms with Crippen molar-refractivity contribution in [3.05, 3.63) is 18.2 Å². The molecular weight excluding hydrogens is 214 g/mol. The normalized spacial score (nSPS) is 11.6. The maximum Gasteiger partial charge on any atom is 0.0951 e. The van der Waals surface area contributed by atoms with Gasteiger partial charge in [0.25, 0.3) is 0 Å². The zero-order chi connectivity index (χ0) is 12.7. The SMILES string of the molecule is CC(C)NCCCOCc1cncn1C(C)C. The summed E-state index contributed by atoms with van der Waals surface area (Å²) in [4.78, 5) is 4.15. The Kier molecular flexibility index (Phi) is 6.22. The summed E-state index contributed by atoms with van der Waals surface area (Å²) < 4.78 is 7.80. The molecule has 0 saturated heterocycles. The highest BCUT2D eigenvalue weighted by atomic mass is 16.5. The van der Waals surface area contributed by atoms with Crippen LogP contribution in [0.25, 0.3) is 0 Å². The molecule has 0 aliphatic heterocycles. The van der Waals surface area contributed by atoms with Crippen molar-refractivity contribution in [2.75, 3.05) is 13.2 Å². The Bertz CT molecular complexity index is 307. The Balaban J connectivity index is 2.16. The van der Waals surface area contributed by atoms with Gasteiger partial charge < -0.3 is 14.6 Å². The van der Waals surface area contributed by atoms with E-state index in [-0.39, 0.29) is 0 Å². The Morgan fingerprint density at radius 3 is 2.76 bits per heavy atom. The number of rotatable bonds is 8. The smallest absolute Gasteiger partial charge is 0.0951 e. The molecular formula is C13H25N3O. The van der Waals surface area contributed by atoms with E-state index in [4.69, 9.17) is 4.74 Å². The number of aromatic nitrogens is 2. The van der Waals surface area contributed by atoms with E-state index in [1.165, 1.54) is 0 Å². The lowest BCUT2D eigenvalue weighted by Gasteiger charge is -2.12. The van der Waals surface area contributed by atoms with Crippen LogP contribution in [-0.4, -0.2) is 28.7 Å². The zero-order valence-corrected chi connectivity index (χ0v) is 11.4. The van der Waals surface area contributed by atoms with Crippen LogP contribution in [0.5, 0.6) is 0 Å². The van der Waals surface area contributed by atoms with E-state index in [1.54, 1.807) is 0 Å². The fraction of sp³-hybridized carbons (Fsp3) is 0.769. The molecule has 0 aliphatic rings. The van der Waals surface area contributed by atoms with E-state index in [1.807, 2.05) is 12.5 Å². The summed E-state index contributed by atoms with van der Waals surface area (Å²) in [6.07, 6.45) is 4.80. The third-order valence-electron chi connectivity index (χ3n) is 2.57. The summed E-state index contributed by atoms with van der Waals surface area (Å²) in [5.41, 5.74) is 1.15. The van der Waals surface area contributed by atoms with E-state index in [2.05, 4.69) is 42.6 Å². The van der Waals surface area contributed by atoms with Gasteiger partial charge in [-0.25, -0.2) is 4.98 Å². The first-order chi connectivity index (χ1) is 8.11. The zero-order valence-electron chi connectivity index (χ0n) is 11.4. The van der Waals surface area contributed by atoms with E-state index < -0.39 is 0 Å². The largest absolute Gasteiger partial charge is 0.375 e. The topological polar surface area (TPSA) is 39.1 Å². The number of hydrogen-bond donors (Lipinski definition) is 1. The standard InChI is InChI=1S/C13H25N3O/c1-11(2)15-6-5-7-17-9-13-8-14-10-16(13)12(3)4/h8,10-12,15H,5-7,9H2,1-4H3. The van der Waals surface area contributed by atoms with Crippen LogP contribution >= 0.6 is 0 Å². The Morgan fingerprint density at radius 2 is 2.12 bits per heavy atom. The molecule has 0 atom stereocenters. The van der Waals surface area contributed by atoms with Crippen LogP contribution in [0.3, 0.4) is 0 Å². The number of nitrogens with zero attached hydrogens (tertiary/aromatic N) is 2. The second-order valence-corrected chi connectivity index (χ2v) is 4.90. The highest BCUT2D eigenvalue weighted by Gasteiger charge is 2.04. The molecule has 17 heavy (non-hydrogen) atoms. The summed E-state index contributed by atoms with van der Waals surface area (Å²) in [6.45, 7) is 11.1. The molecule has 0 bridgehead atoms. The Hall–Kier alpha value is -0.870. The van der Waals surface area contributed by atoms with Crippen LogP contribution in [0.2, 0.25) is 0 Å². The van der Waals surface area contributed by atoms with Crippen molar-refractivity contribution in [1.29, 1.82) is 0 Å². The highest BCUT2D eigenvalue weighted by molar-refractivity contribution is 4.97. The minimum absolute atomic E-state index is 0.443. The molecule has 4 nitrogen and oxygen atoms in total. The van der Waals surface area contributed by atoms with Crippen LogP contribution in [0.15, 0.2) is 12.5 Å². The molecule has 1 N–H and O–H groups in total. The molecule has 0 radical (unpaired) electrons. The second-order valence-electron chi connectivity index (χ2n) is 4.90. The van der Waals surface area contributed by atoms with Gasteiger partial charge in [0.1, 0.15) is 0 Å². The van der Waals surface area contributed by atoms with Gasteiger partial charge in [-0.05, 0) is 26.8 Å². The molecule has 1 rings (SSSR count). The van der Waals surface area contributed by atoms with Crippen LogP contribution in [0.1, 0.15) is 45.9 Å². The predicted octanol–water partition coefficient (Wildman–Crippen LogP) is 2.37. The van der Waals surface area contributed by atoms with Gasteiger partial charge in [0, 0.05) is 18.7 Å². The maximum atomic E-state index is 5.65. The molecule has 0 spiro atoms. The molecule has 1 aromatic rings. The van der Waals surface area contributed by atoms with Crippen molar-refractivity contribution in [2.45, 2.75) is 52.8 Å². The van der Waals surface area contributed by atoms with Gasteiger partial charge in [-0.2, -0.15) is 0 Å². The molecule has 1 aromatic heterocycles. The van der Waals surface area contributed by atoms with Gasteiger partial charge in [-0.1, -0.05) is 13.8 Å². The van der Waals surface area contributed by atoms with E-state index in [0.717, 1.165) is 25.3 Å². The first kappa shape index (κ1) is 14.2. The van der Waals surface area contributed by atoms with E-state index in [9.17, 15) is 0 Å². The average Bonchev–Trinajstić information content (AvgIpc) is 2.71. The summed E-state index contributed by atoms with van der Waals surface area (Å²) in [5, 5.41) is 3.37. The number of nitrogens with one attached hydrogen (secondary N) is 1. The average molecular weight is 239 g/mol. The molecule has 0 aromatic carbocycles. The Labute approximate surface area is 104 Å². The summed E-state index contributed by atoms with van der Waals surface area (Å²) in [7, 11) is 0. The third kappa shape index (κ3) is 5.33. The van der Waals surface area contributed by atoms with Crippen LogP contribution < -0.4 is 5.32 Å². The molecule has 4 heteroatoms. The van der Waals surface area contributed by atoms with E-state index >= 15 is 0 Å². The van der Waals surface area contributed by atoms with Gasteiger partial charge in [-0.15, -0.1) is 0 Å². The fourth-order valence-electron chi connectivity index (χ4n) is 1.65. The molecule has 0 saturated carbocycles. The van der Waals surface area contributed by atoms with Crippen molar-refractivity contribution in [3.63, 3.8) is 0 Å². The lowest BCUT2D eigenvalue weighted by molar-refractivity contribution is 0.112. The van der Waals surface area contributed by atoms with Gasteiger partial charge >= 0.3 is 0 Å². The van der Waals surface area contributed by atoms with Gasteiger partial charge in [0.15, 0.2) is 0 Å². The minimum atomic E-state index is 0.443. The monoisotopic (exact) mass is 239 g/mol. The first-order valence-corrected chi connectivity index (χ1v) is 6.43. The van der Waals surface area contributed by atoms with Crippen molar-refractivity contribution in [2.24, 2.45) is 0 Å². The summed E-state index contributed by atoms with van der Waals surface area (Å²) in [6, 6.07) is 0.996. The predicted molar refractivity (Wildman–Crippen MR) is 70.0 cm³/mol. The van der Waals surface area contributed by atoms with Crippen molar-refractivity contribution in [1.82, 2.24) is 14.9 Å². The summed E-state index contributed by atoms with van der Waals surface area (Å²) in [5.74, 6) is 0. The van der Waals surface area contributed by atoms with Crippen LogP contribution in [0, 0.1) is 0 Å². The lowest BCUT2D eigenvalue weighted by atomic mass is 10.3. The Morgan fingerprint density at radius 1 is 1.35 bits per heavy atom. The summed E-state index contributed by atoms with van der Waals surface area (Å²) >= 11 is 0. The molecule has 0 aliphatic carbocycles. The highest BCUT2D eigenvalue weighted by Crippen LogP contribution is 2.09. The number of ether oxygens (including phenoxy) is 1. The molecule has 0 amide bonds. The van der Waals surface area contributed by atoms with Gasteiger partial charge in [0.05, 0.1) is 24.8 Å². The minimum Gasteiger partial charge on any atom is -0.375 e. The molecule has 1 heterocycles. The van der Waals surface area contributed by atoms with Gasteiger partial charge in [0.2, 0.25) is 0 Å². The number of hydrogen-bond acceptors (Lipinski definition) is 3. The molecule has 98 valence electrons. The molecule has 0 fully saturated rings. The second kappa shape index (κ2) is 7.45. The van der Waals surface area contributed by atoms with Crippen molar-refractivity contribution < 1.29 is 4.74 Å². The quantitative estimate of drug-likeness (QED) is 0.708.